The number of carboxylic acid groups (broad SMARTS) is 2. The Bertz CT molecular complexity index is 1180. The number of thioether (sulfide) groups is 1. The van der Waals surface area contributed by atoms with Crippen LogP contribution in [0.15, 0.2) is 89.8 Å². The number of carboxylic acids is 2. The number of carbonyl (C=O) groups is 2. The van der Waals surface area contributed by atoms with E-state index < -0.39 is 18.0 Å². The van der Waals surface area contributed by atoms with Gasteiger partial charge in [0.1, 0.15) is 5.75 Å². The molecule has 0 radical (unpaired) electrons. The van der Waals surface area contributed by atoms with E-state index in [1.54, 1.807) is 12.1 Å². The lowest BCUT2D eigenvalue weighted by molar-refractivity contribution is -0.137. The van der Waals surface area contributed by atoms with E-state index in [0.29, 0.717) is 12.8 Å². The van der Waals surface area contributed by atoms with E-state index in [9.17, 15) is 14.7 Å². The maximum atomic E-state index is 11.1. The standard InChI is InChI=1S/C32H36O6S/c33-29(11-7-12-31(34)35)30(39-28-20-18-26(19-21-28)32(36)37)22-17-25-15-13-24(14-16-25)8-3-2-6-23-38-27-9-4-1-5-10-27/h1,4-5,9-10,13-22,29-30,33H,2-3,6-8,11-12,23H2,(H,34,35)(H,36,37)/b22-17+/t29-,30+/m0/s1. The van der Waals surface area contributed by atoms with Crippen LogP contribution in [0.5, 0.6) is 5.75 Å². The molecule has 206 valence electrons. The highest BCUT2D eigenvalue weighted by Gasteiger charge is 2.18. The molecule has 0 amide bonds. The van der Waals surface area contributed by atoms with Gasteiger partial charge in [0, 0.05) is 11.3 Å². The molecular formula is C32H36O6S. The van der Waals surface area contributed by atoms with Gasteiger partial charge in [0.15, 0.2) is 0 Å². The molecule has 7 heteroatoms. The topological polar surface area (TPSA) is 104 Å². The SMILES string of the molecule is O=C(O)CCC[C@H](O)[C@@H](/C=C/c1ccc(CCCCCOc2ccccc2)cc1)Sc1ccc(C(=O)O)cc1. The van der Waals surface area contributed by atoms with Gasteiger partial charge in [0.25, 0.3) is 0 Å². The number of hydrogen-bond donors (Lipinski definition) is 3. The van der Waals surface area contributed by atoms with Crippen LogP contribution in [0.3, 0.4) is 0 Å². The summed E-state index contributed by atoms with van der Waals surface area (Å²) in [6, 6.07) is 24.7. The molecule has 0 saturated heterocycles. The summed E-state index contributed by atoms with van der Waals surface area (Å²) in [7, 11) is 0. The molecule has 0 unspecified atom stereocenters. The lowest BCUT2D eigenvalue weighted by Crippen LogP contribution is -2.21. The van der Waals surface area contributed by atoms with E-state index in [1.165, 1.54) is 29.5 Å². The second kappa shape index (κ2) is 16.4. The lowest BCUT2D eigenvalue weighted by atomic mass is 10.0. The van der Waals surface area contributed by atoms with Crippen molar-refractivity contribution in [3.8, 4) is 5.75 Å². The second-order valence-corrected chi connectivity index (χ2v) is 10.6. The van der Waals surface area contributed by atoms with Gasteiger partial charge >= 0.3 is 11.9 Å². The predicted molar refractivity (Wildman–Crippen MR) is 156 cm³/mol. The number of para-hydroxylation sites is 1. The Balaban J connectivity index is 1.51. The average Bonchev–Trinajstić information content (AvgIpc) is 2.94. The van der Waals surface area contributed by atoms with Crippen molar-refractivity contribution in [2.45, 2.75) is 61.2 Å². The normalized spacial score (nSPS) is 12.7. The molecule has 0 heterocycles. The second-order valence-electron chi connectivity index (χ2n) is 9.34. The molecule has 6 nitrogen and oxygen atoms in total. The van der Waals surface area contributed by atoms with Crippen LogP contribution in [0.1, 0.15) is 60.0 Å². The summed E-state index contributed by atoms with van der Waals surface area (Å²) in [5, 5.41) is 28.5. The Morgan fingerprint density at radius 3 is 2.23 bits per heavy atom. The highest BCUT2D eigenvalue weighted by atomic mass is 32.2. The first kappa shape index (κ1) is 30.0. The highest BCUT2D eigenvalue weighted by molar-refractivity contribution is 8.00. The van der Waals surface area contributed by atoms with Gasteiger partial charge in [-0.05, 0) is 86.1 Å². The summed E-state index contributed by atoms with van der Waals surface area (Å²) in [6.45, 7) is 0.721. The molecule has 0 aliphatic carbocycles. The predicted octanol–water partition coefficient (Wildman–Crippen LogP) is 6.97. The number of rotatable bonds is 17. The highest BCUT2D eigenvalue weighted by Crippen LogP contribution is 2.29. The number of ether oxygens (including phenoxy) is 1. The fraction of sp³-hybridized carbons (Fsp3) is 0.312. The Labute approximate surface area is 234 Å². The number of unbranched alkanes of at least 4 members (excludes halogenated alkanes) is 2. The zero-order chi connectivity index (χ0) is 27.9. The van der Waals surface area contributed by atoms with Crippen LogP contribution >= 0.6 is 11.8 Å². The van der Waals surface area contributed by atoms with E-state index in [2.05, 4.69) is 24.3 Å². The van der Waals surface area contributed by atoms with Crippen LogP contribution in [0.25, 0.3) is 6.08 Å². The molecule has 0 spiro atoms. The molecule has 0 bridgehead atoms. The molecule has 3 aromatic carbocycles. The largest absolute Gasteiger partial charge is 0.494 e. The third-order valence-electron chi connectivity index (χ3n) is 6.22. The minimum atomic E-state index is -0.989. The maximum Gasteiger partial charge on any atom is 0.335 e. The Morgan fingerprint density at radius 1 is 0.846 bits per heavy atom. The fourth-order valence-electron chi connectivity index (χ4n) is 4.02. The maximum absolute atomic E-state index is 11.1. The van der Waals surface area contributed by atoms with Gasteiger partial charge in [-0.15, -0.1) is 11.8 Å². The number of aromatic carboxylic acids is 1. The molecule has 39 heavy (non-hydrogen) atoms. The first-order valence-corrected chi connectivity index (χ1v) is 14.1. The zero-order valence-corrected chi connectivity index (χ0v) is 22.8. The van der Waals surface area contributed by atoms with Crippen molar-refractivity contribution in [3.63, 3.8) is 0 Å². The van der Waals surface area contributed by atoms with Crippen molar-refractivity contribution in [2.75, 3.05) is 6.61 Å². The number of aryl methyl sites for hydroxylation is 1. The van der Waals surface area contributed by atoms with Crippen LogP contribution in [-0.4, -0.2) is 45.2 Å². The van der Waals surface area contributed by atoms with Crippen molar-refractivity contribution < 1.29 is 29.6 Å². The van der Waals surface area contributed by atoms with Gasteiger partial charge in [-0.3, -0.25) is 4.79 Å². The zero-order valence-electron chi connectivity index (χ0n) is 21.9. The third-order valence-corrected chi connectivity index (χ3v) is 7.51. The number of hydrogen-bond acceptors (Lipinski definition) is 5. The quantitative estimate of drug-likeness (QED) is 0.124. The van der Waals surface area contributed by atoms with E-state index in [4.69, 9.17) is 14.9 Å². The summed E-state index contributed by atoms with van der Waals surface area (Å²) in [5.41, 5.74) is 2.49. The molecule has 0 fully saturated rings. The Morgan fingerprint density at radius 2 is 1.56 bits per heavy atom. The number of aliphatic hydroxyl groups is 1. The molecule has 3 rings (SSSR count). The Kier molecular flexibility index (Phi) is 12.6. The molecule has 3 N–H and O–H groups in total. The van der Waals surface area contributed by atoms with Gasteiger partial charge in [0.05, 0.1) is 23.5 Å². The molecular weight excluding hydrogens is 512 g/mol. The molecule has 2 atom stereocenters. The van der Waals surface area contributed by atoms with Crippen molar-refractivity contribution in [1.29, 1.82) is 0 Å². The van der Waals surface area contributed by atoms with E-state index >= 15 is 0 Å². The third kappa shape index (κ3) is 11.4. The molecule has 3 aromatic rings. The Hall–Kier alpha value is -3.55. The van der Waals surface area contributed by atoms with Gasteiger partial charge in [-0.1, -0.05) is 54.6 Å². The van der Waals surface area contributed by atoms with Gasteiger partial charge < -0.3 is 20.1 Å². The monoisotopic (exact) mass is 548 g/mol. The van der Waals surface area contributed by atoms with Crippen molar-refractivity contribution in [3.05, 3.63) is 102 Å². The van der Waals surface area contributed by atoms with E-state index in [-0.39, 0.29) is 17.2 Å². The van der Waals surface area contributed by atoms with Crippen molar-refractivity contribution in [1.82, 2.24) is 0 Å². The molecule has 0 saturated carbocycles. The average molecular weight is 549 g/mol. The summed E-state index contributed by atoms with van der Waals surface area (Å²) < 4.78 is 5.74. The smallest absolute Gasteiger partial charge is 0.335 e. The van der Waals surface area contributed by atoms with Gasteiger partial charge in [0.2, 0.25) is 0 Å². The van der Waals surface area contributed by atoms with Crippen molar-refractivity contribution in [2.24, 2.45) is 0 Å². The number of benzene rings is 3. The van der Waals surface area contributed by atoms with Crippen LogP contribution in [0.4, 0.5) is 0 Å². The summed E-state index contributed by atoms with van der Waals surface area (Å²) >= 11 is 1.43. The lowest BCUT2D eigenvalue weighted by Gasteiger charge is -2.19. The fourth-order valence-corrected chi connectivity index (χ4v) is 5.08. The first-order valence-electron chi connectivity index (χ1n) is 13.3. The van der Waals surface area contributed by atoms with Crippen molar-refractivity contribution >= 4 is 29.8 Å². The van der Waals surface area contributed by atoms with E-state index in [1.807, 2.05) is 42.5 Å². The summed E-state index contributed by atoms with van der Waals surface area (Å²) in [4.78, 5) is 22.8. The van der Waals surface area contributed by atoms with E-state index in [0.717, 1.165) is 48.5 Å². The minimum Gasteiger partial charge on any atom is -0.494 e. The van der Waals surface area contributed by atoms with Crippen LogP contribution in [-0.2, 0) is 11.2 Å². The molecule has 0 aliphatic rings. The number of aliphatic hydroxyl groups excluding tert-OH is 1. The summed E-state index contributed by atoms with van der Waals surface area (Å²) in [6.07, 6.45) is 8.11. The number of aliphatic carboxylic acids is 1. The van der Waals surface area contributed by atoms with Gasteiger partial charge in [-0.2, -0.15) is 0 Å². The van der Waals surface area contributed by atoms with Crippen LogP contribution in [0.2, 0.25) is 0 Å². The first-order chi connectivity index (χ1) is 18.9. The van der Waals surface area contributed by atoms with Crippen LogP contribution < -0.4 is 4.74 Å². The molecule has 0 aromatic heterocycles. The molecule has 0 aliphatic heterocycles. The summed E-state index contributed by atoms with van der Waals surface area (Å²) in [5.74, 6) is -0.963. The van der Waals surface area contributed by atoms with Crippen LogP contribution in [0, 0.1) is 0 Å². The minimum absolute atomic E-state index is 0.00693. The van der Waals surface area contributed by atoms with Gasteiger partial charge in [-0.25, -0.2) is 4.79 Å².